The summed E-state index contributed by atoms with van der Waals surface area (Å²) in [5.41, 5.74) is 3.62. The van der Waals surface area contributed by atoms with E-state index in [4.69, 9.17) is 5.11 Å². The minimum Gasteiger partial charge on any atom is -0.396 e. The Morgan fingerprint density at radius 2 is 1.73 bits per heavy atom. The summed E-state index contributed by atoms with van der Waals surface area (Å²) in [6.07, 6.45) is 1.38. The number of anilines is 2. The smallest absolute Gasteiger partial charge is 0.324 e. The molecule has 0 aliphatic carbocycles. The highest BCUT2D eigenvalue weighted by molar-refractivity contribution is 6.04. The van der Waals surface area contributed by atoms with Gasteiger partial charge in [0.2, 0.25) is 0 Å². The Balaban J connectivity index is 1.40. The predicted octanol–water partition coefficient (Wildman–Crippen LogP) is 4.45. The first-order chi connectivity index (χ1) is 16.0. The van der Waals surface area contributed by atoms with Gasteiger partial charge in [0.05, 0.1) is 0 Å². The van der Waals surface area contributed by atoms with E-state index in [-0.39, 0.29) is 24.4 Å². The molecule has 3 aromatic carbocycles. The van der Waals surface area contributed by atoms with Gasteiger partial charge in [0, 0.05) is 43.2 Å². The Kier molecular flexibility index (Phi) is 7.00. The Morgan fingerprint density at radius 1 is 0.970 bits per heavy atom. The van der Waals surface area contributed by atoms with E-state index in [1.54, 1.807) is 52.3 Å². The van der Waals surface area contributed by atoms with Crippen LogP contribution in [0.25, 0.3) is 0 Å². The van der Waals surface area contributed by atoms with E-state index in [2.05, 4.69) is 5.32 Å². The van der Waals surface area contributed by atoms with Crippen LogP contribution in [-0.4, -0.2) is 41.6 Å². The summed E-state index contributed by atoms with van der Waals surface area (Å²) < 4.78 is 13.5. The number of hydrogen-bond donors (Lipinski definition) is 2. The number of urea groups is 1. The summed E-state index contributed by atoms with van der Waals surface area (Å²) in [7, 11) is 0. The third kappa shape index (κ3) is 5.56. The van der Waals surface area contributed by atoms with Crippen molar-refractivity contribution < 1.29 is 19.1 Å². The second kappa shape index (κ2) is 10.3. The van der Waals surface area contributed by atoms with Crippen LogP contribution in [0.4, 0.5) is 20.6 Å². The third-order valence-electron chi connectivity index (χ3n) is 5.63. The quantitative estimate of drug-likeness (QED) is 0.562. The largest absolute Gasteiger partial charge is 0.396 e. The molecule has 1 aliphatic heterocycles. The monoisotopic (exact) mass is 447 g/mol. The molecule has 0 spiro atoms. The number of aliphatic hydroxyl groups is 1. The zero-order valence-electron chi connectivity index (χ0n) is 18.2. The Hall–Kier alpha value is -3.71. The standard InChI is InChI=1S/C26H26FN3O3/c27-22-4-1-3-20(17-22)18-29-14-2-15-30(26(29)33)24-11-7-21(8-12-24)25(32)28-23-9-5-19(6-10-23)13-16-31/h1,3-12,17,31H,2,13-16,18H2,(H,28,32). The van der Waals surface area contributed by atoms with E-state index in [1.165, 1.54) is 12.1 Å². The molecule has 6 nitrogen and oxygen atoms in total. The van der Waals surface area contributed by atoms with E-state index in [0.717, 1.165) is 17.5 Å². The topological polar surface area (TPSA) is 72.9 Å². The maximum Gasteiger partial charge on any atom is 0.324 e. The zero-order valence-corrected chi connectivity index (χ0v) is 18.2. The molecule has 0 radical (unpaired) electrons. The molecule has 1 aliphatic rings. The number of nitrogens with one attached hydrogen (secondary N) is 1. The maximum atomic E-state index is 13.5. The summed E-state index contributed by atoms with van der Waals surface area (Å²) >= 11 is 0. The molecule has 170 valence electrons. The van der Waals surface area contributed by atoms with Crippen LogP contribution in [0.3, 0.4) is 0 Å². The van der Waals surface area contributed by atoms with Crippen molar-refractivity contribution in [1.82, 2.24) is 4.90 Å². The number of benzene rings is 3. The first-order valence-electron chi connectivity index (χ1n) is 11.0. The zero-order chi connectivity index (χ0) is 23.2. The average Bonchev–Trinajstić information content (AvgIpc) is 2.82. The van der Waals surface area contributed by atoms with Crippen LogP contribution in [0.5, 0.6) is 0 Å². The van der Waals surface area contributed by atoms with Crippen molar-refractivity contribution >= 4 is 23.3 Å². The number of halogens is 1. The molecule has 4 rings (SSSR count). The van der Waals surface area contributed by atoms with Crippen LogP contribution in [0.2, 0.25) is 0 Å². The fourth-order valence-electron chi connectivity index (χ4n) is 3.90. The molecule has 1 fully saturated rings. The first kappa shape index (κ1) is 22.5. The molecule has 1 heterocycles. The van der Waals surface area contributed by atoms with Crippen LogP contribution >= 0.6 is 0 Å². The molecule has 1 saturated heterocycles. The molecule has 0 saturated carbocycles. The van der Waals surface area contributed by atoms with Crippen molar-refractivity contribution in [1.29, 1.82) is 0 Å². The van der Waals surface area contributed by atoms with Crippen molar-refractivity contribution in [3.63, 3.8) is 0 Å². The Morgan fingerprint density at radius 3 is 2.42 bits per heavy atom. The Bertz CT molecular complexity index is 1120. The molecule has 2 N–H and O–H groups in total. The molecule has 3 aromatic rings. The summed E-state index contributed by atoms with van der Waals surface area (Å²) in [4.78, 5) is 29.0. The van der Waals surface area contributed by atoms with Gasteiger partial charge in [-0.1, -0.05) is 24.3 Å². The highest BCUT2D eigenvalue weighted by atomic mass is 19.1. The summed E-state index contributed by atoms with van der Waals surface area (Å²) in [6, 6.07) is 20.4. The molecule has 0 atom stereocenters. The van der Waals surface area contributed by atoms with Gasteiger partial charge in [-0.25, -0.2) is 9.18 Å². The molecular weight excluding hydrogens is 421 g/mol. The second-order valence-corrected chi connectivity index (χ2v) is 8.01. The predicted molar refractivity (Wildman–Crippen MR) is 126 cm³/mol. The highest BCUT2D eigenvalue weighted by Gasteiger charge is 2.27. The molecule has 0 bridgehead atoms. The van der Waals surface area contributed by atoms with Gasteiger partial charge in [-0.2, -0.15) is 0 Å². The van der Waals surface area contributed by atoms with E-state index < -0.39 is 0 Å². The minimum absolute atomic E-state index is 0.0835. The molecule has 0 aromatic heterocycles. The number of carbonyl (C=O) groups is 2. The number of carbonyl (C=O) groups excluding carboxylic acids is 2. The second-order valence-electron chi connectivity index (χ2n) is 8.01. The van der Waals surface area contributed by atoms with Crippen LogP contribution in [0.1, 0.15) is 27.9 Å². The molecule has 3 amide bonds. The van der Waals surface area contributed by atoms with Crippen LogP contribution in [-0.2, 0) is 13.0 Å². The highest BCUT2D eigenvalue weighted by Crippen LogP contribution is 2.23. The van der Waals surface area contributed by atoms with E-state index >= 15 is 0 Å². The van der Waals surface area contributed by atoms with Crippen molar-refractivity contribution in [2.24, 2.45) is 0 Å². The van der Waals surface area contributed by atoms with Gasteiger partial charge in [-0.15, -0.1) is 0 Å². The van der Waals surface area contributed by atoms with Crippen LogP contribution in [0.15, 0.2) is 72.8 Å². The third-order valence-corrected chi connectivity index (χ3v) is 5.63. The lowest BCUT2D eigenvalue weighted by Crippen LogP contribution is -2.49. The lowest BCUT2D eigenvalue weighted by atomic mass is 10.1. The maximum absolute atomic E-state index is 13.5. The van der Waals surface area contributed by atoms with Gasteiger partial charge < -0.3 is 15.3 Å². The first-order valence-corrected chi connectivity index (χ1v) is 11.0. The van der Waals surface area contributed by atoms with Crippen molar-refractivity contribution in [3.8, 4) is 0 Å². The molecule has 0 unspecified atom stereocenters. The van der Waals surface area contributed by atoms with Crippen molar-refractivity contribution in [3.05, 3.63) is 95.3 Å². The average molecular weight is 448 g/mol. The van der Waals surface area contributed by atoms with Crippen LogP contribution < -0.4 is 10.2 Å². The normalized spacial score (nSPS) is 13.8. The summed E-state index contributed by atoms with van der Waals surface area (Å²) in [5, 5.41) is 11.8. The summed E-state index contributed by atoms with van der Waals surface area (Å²) in [6.45, 7) is 1.64. The summed E-state index contributed by atoms with van der Waals surface area (Å²) in [5.74, 6) is -0.557. The number of hydrogen-bond acceptors (Lipinski definition) is 3. The van der Waals surface area contributed by atoms with Gasteiger partial charge in [-0.05, 0) is 72.5 Å². The number of amides is 3. The number of nitrogens with zero attached hydrogens (tertiary/aromatic N) is 2. The number of aliphatic hydroxyl groups excluding tert-OH is 1. The van der Waals surface area contributed by atoms with E-state index in [1.807, 2.05) is 18.2 Å². The number of rotatable bonds is 7. The van der Waals surface area contributed by atoms with Crippen LogP contribution in [0, 0.1) is 5.82 Å². The van der Waals surface area contributed by atoms with Crippen molar-refractivity contribution in [2.45, 2.75) is 19.4 Å². The molecular formula is C26H26FN3O3. The van der Waals surface area contributed by atoms with E-state index in [9.17, 15) is 14.0 Å². The fourth-order valence-corrected chi connectivity index (χ4v) is 3.90. The fraction of sp³-hybridized carbons (Fsp3) is 0.231. The lowest BCUT2D eigenvalue weighted by molar-refractivity contribution is 0.102. The lowest BCUT2D eigenvalue weighted by Gasteiger charge is -2.35. The van der Waals surface area contributed by atoms with Gasteiger partial charge in [-0.3, -0.25) is 9.69 Å². The van der Waals surface area contributed by atoms with E-state index in [0.29, 0.717) is 43.0 Å². The van der Waals surface area contributed by atoms with Gasteiger partial charge in [0.1, 0.15) is 5.82 Å². The SMILES string of the molecule is O=C(Nc1ccc(CCO)cc1)c1ccc(N2CCCN(Cc3cccc(F)c3)C2=O)cc1. The van der Waals surface area contributed by atoms with Crippen molar-refractivity contribution in [2.75, 3.05) is 29.9 Å². The molecule has 7 heteroatoms. The Labute approximate surface area is 192 Å². The molecule has 33 heavy (non-hydrogen) atoms. The minimum atomic E-state index is -0.316. The van der Waals surface area contributed by atoms with Gasteiger partial charge in [0.15, 0.2) is 0 Å². The van der Waals surface area contributed by atoms with Gasteiger partial charge in [0.25, 0.3) is 5.91 Å². The van der Waals surface area contributed by atoms with Gasteiger partial charge >= 0.3 is 6.03 Å².